The predicted octanol–water partition coefficient (Wildman–Crippen LogP) is 4.73. The minimum absolute atomic E-state index is 0.00972. The number of hydrogen-bond donors (Lipinski definition) is 2. The molecule has 35 heavy (non-hydrogen) atoms. The highest BCUT2D eigenvalue weighted by atomic mass is 17.2. The molecule has 2 N–H and O–H groups in total. The Morgan fingerprint density at radius 1 is 0.914 bits per heavy atom. The third-order valence-electron chi connectivity index (χ3n) is 5.09. The second-order valence-electron chi connectivity index (χ2n) is 8.19. The van der Waals surface area contributed by atoms with Crippen molar-refractivity contribution in [2.75, 3.05) is 13.7 Å². The van der Waals surface area contributed by atoms with E-state index in [1.54, 1.807) is 12.1 Å². The van der Waals surface area contributed by atoms with Crippen LogP contribution in [-0.4, -0.2) is 36.6 Å². The van der Waals surface area contributed by atoms with Crippen LogP contribution < -0.4 is 10.1 Å². The quantitative estimate of drug-likeness (QED) is 0.321. The summed E-state index contributed by atoms with van der Waals surface area (Å²) in [6, 6.07) is 18.5. The SMILES string of the molecule is COOC(=O)c1cc(C(=O)NCC(C)C)ccc1-c1ccc(OCc2ccccc2)cc1C(=O)O. The van der Waals surface area contributed by atoms with Gasteiger partial charge in [-0.2, -0.15) is 4.89 Å². The maximum absolute atomic E-state index is 12.6. The summed E-state index contributed by atoms with van der Waals surface area (Å²) in [5, 5.41) is 12.7. The molecular formula is C27H27NO7. The van der Waals surface area contributed by atoms with Crippen LogP contribution in [0, 0.1) is 5.92 Å². The van der Waals surface area contributed by atoms with Gasteiger partial charge in [-0.15, -0.1) is 0 Å². The van der Waals surface area contributed by atoms with E-state index in [-0.39, 0.29) is 46.2 Å². The minimum atomic E-state index is -1.20. The number of rotatable bonds is 10. The largest absolute Gasteiger partial charge is 0.489 e. The first-order valence-corrected chi connectivity index (χ1v) is 11.0. The van der Waals surface area contributed by atoms with Crippen LogP contribution in [0.4, 0.5) is 0 Å². The molecule has 8 nitrogen and oxygen atoms in total. The van der Waals surface area contributed by atoms with Gasteiger partial charge in [-0.3, -0.25) is 9.68 Å². The maximum Gasteiger partial charge on any atom is 0.373 e. The zero-order chi connectivity index (χ0) is 25.4. The third kappa shape index (κ3) is 6.68. The summed E-state index contributed by atoms with van der Waals surface area (Å²) < 4.78 is 5.76. The Labute approximate surface area is 203 Å². The zero-order valence-electron chi connectivity index (χ0n) is 19.7. The van der Waals surface area contributed by atoms with Gasteiger partial charge in [-0.05, 0) is 52.9 Å². The first-order chi connectivity index (χ1) is 16.8. The molecule has 3 aromatic carbocycles. The molecular weight excluding hydrogens is 450 g/mol. The van der Waals surface area contributed by atoms with Crippen molar-refractivity contribution in [2.45, 2.75) is 20.5 Å². The van der Waals surface area contributed by atoms with Crippen molar-refractivity contribution < 1.29 is 34.0 Å². The summed E-state index contributed by atoms with van der Waals surface area (Å²) in [6.45, 7) is 4.66. The molecule has 0 fully saturated rings. The van der Waals surface area contributed by atoms with Crippen LogP contribution in [0.1, 0.15) is 50.5 Å². The number of nitrogens with one attached hydrogen (secondary N) is 1. The second kappa shape index (κ2) is 11.8. The van der Waals surface area contributed by atoms with E-state index < -0.39 is 11.9 Å². The number of carboxylic acids is 1. The summed E-state index contributed by atoms with van der Waals surface area (Å²) in [7, 11) is 1.18. The highest BCUT2D eigenvalue weighted by Gasteiger charge is 2.22. The van der Waals surface area contributed by atoms with Crippen LogP contribution in [0.5, 0.6) is 5.75 Å². The predicted molar refractivity (Wildman–Crippen MR) is 129 cm³/mol. The molecule has 3 rings (SSSR count). The Morgan fingerprint density at radius 2 is 1.60 bits per heavy atom. The van der Waals surface area contributed by atoms with Crippen molar-refractivity contribution in [3.8, 4) is 16.9 Å². The third-order valence-corrected chi connectivity index (χ3v) is 5.09. The monoisotopic (exact) mass is 477 g/mol. The number of ether oxygens (including phenoxy) is 1. The first kappa shape index (κ1) is 25.5. The molecule has 0 aliphatic heterocycles. The molecule has 0 saturated carbocycles. The van der Waals surface area contributed by atoms with Gasteiger partial charge in [0.2, 0.25) is 0 Å². The van der Waals surface area contributed by atoms with Crippen molar-refractivity contribution in [1.29, 1.82) is 0 Å². The molecule has 0 aliphatic rings. The molecule has 0 atom stereocenters. The molecule has 8 heteroatoms. The normalized spacial score (nSPS) is 10.6. The van der Waals surface area contributed by atoms with Crippen LogP contribution >= 0.6 is 0 Å². The van der Waals surface area contributed by atoms with Gasteiger partial charge < -0.3 is 15.2 Å². The molecule has 0 heterocycles. The molecule has 0 aliphatic carbocycles. The van der Waals surface area contributed by atoms with E-state index in [2.05, 4.69) is 10.2 Å². The number of carbonyl (C=O) groups is 3. The second-order valence-corrected chi connectivity index (χ2v) is 8.19. The lowest BCUT2D eigenvalue weighted by atomic mass is 9.93. The smallest absolute Gasteiger partial charge is 0.373 e. The van der Waals surface area contributed by atoms with Crippen molar-refractivity contribution in [2.24, 2.45) is 5.92 Å². The number of carboxylic acid groups (broad SMARTS) is 1. The van der Waals surface area contributed by atoms with E-state index in [0.717, 1.165) is 5.56 Å². The van der Waals surface area contributed by atoms with Gasteiger partial charge in [0.15, 0.2) is 0 Å². The number of carbonyl (C=O) groups excluding carboxylic acids is 2. The number of aromatic carboxylic acids is 1. The van der Waals surface area contributed by atoms with Gasteiger partial charge in [0.25, 0.3) is 5.91 Å². The fraction of sp³-hybridized carbons (Fsp3) is 0.222. The molecule has 0 unspecified atom stereocenters. The number of amides is 1. The van der Waals surface area contributed by atoms with E-state index in [9.17, 15) is 19.5 Å². The molecule has 0 spiro atoms. The van der Waals surface area contributed by atoms with Gasteiger partial charge in [-0.1, -0.05) is 50.2 Å². The lowest BCUT2D eigenvalue weighted by Gasteiger charge is -2.15. The standard InChI is InChI=1S/C27H27NO7/c1-17(2)15-28-25(29)19-9-11-22(24(13-19)27(32)35-33-3)21-12-10-20(14-23(21)26(30)31)34-16-18-7-5-4-6-8-18/h4-14,17H,15-16H2,1-3H3,(H,28,29)(H,30,31). The number of benzene rings is 3. The van der Waals surface area contributed by atoms with E-state index in [1.165, 1.54) is 31.4 Å². The van der Waals surface area contributed by atoms with E-state index in [1.807, 2.05) is 44.2 Å². The Hall–Kier alpha value is -4.17. The molecule has 0 bridgehead atoms. The number of hydrogen-bond acceptors (Lipinski definition) is 6. The molecule has 0 radical (unpaired) electrons. The van der Waals surface area contributed by atoms with Crippen LogP contribution in [0.15, 0.2) is 66.7 Å². The van der Waals surface area contributed by atoms with Crippen molar-refractivity contribution >= 4 is 17.8 Å². The average Bonchev–Trinajstić information content (AvgIpc) is 2.86. The summed E-state index contributed by atoms with van der Waals surface area (Å²) in [5.41, 5.74) is 1.63. The minimum Gasteiger partial charge on any atom is -0.489 e. The van der Waals surface area contributed by atoms with E-state index in [0.29, 0.717) is 12.3 Å². The summed E-state index contributed by atoms with van der Waals surface area (Å²) in [5.74, 6) is -1.81. The molecule has 0 saturated heterocycles. The highest BCUT2D eigenvalue weighted by Crippen LogP contribution is 2.32. The van der Waals surface area contributed by atoms with Crippen molar-refractivity contribution in [3.05, 3.63) is 89.0 Å². The van der Waals surface area contributed by atoms with Gasteiger partial charge in [-0.25, -0.2) is 9.59 Å². The summed E-state index contributed by atoms with van der Waals surface area (Å²) >= 11 is 0. The fourth-order valence-corrected chi connectivity index (χ4v) is 3.37. The van der Waals surface area contributed by atoms with Crippen molar-refractivity contribution in [3.63, 3.8) is 0 Å². The Morgan fingerprint density at radius 3 is 2.26 bits per heavy atom. The summed E-state index contributed by atoms with van der Waals surface area (Å²) in [6.07, 6.45) is 0. The molecule has 0 aromatic heterocycles. The Bertz CT molecular complexity index is 1210. The lowest BCUT2D eigenvalue weighted by molar-refractivity contribution is -0.216. The molecule has 1 amide bonds. The van der Waals surface area contributed by atoms with Gasteiger partial charge in [0, 0.05) is 12.1 Å². The van der Waals surface area contributed by atoms with Crippen LogP contribution in [0.25, 0.3) is 11.1 Å². The van der Waals surface area contributed by atoms with Crippen molar-refractivity contribution in [1.82, 2.24) is 5.32 Å². The Kier molecular flexibility index (Phi) is 8.58. The summed E-state index contributed by atoms with van der Waals surface area (Å²) in [4.78, 5) is 46.5. The fourth-order valence-electron chi connectivity index (χ4n) is 3.37. The average molecular weight is 478 g/mol. The highest BCUT2D eigenvalue weighted by molar-refractivity contribution is 6.05. The van der Waals surface area contributed by atoms with E-state index >= 15 is 0 Å². The van der Waals surface area contributed by atoms with Gasteiger partial charge >= 0.3 is 11.9 Å². The van der Waals surface area contributed by atoms with Crippen LogP contribution in [0.2, 0.25) is 0 Å². The van der Waals surface area contributed by atoms with Crippen LogP contribution in [0.3, 0.4) is 0 Å². The lowest BCUT2D eigenvalue weighted by Crippen LogP contribution is -2.27. The van der Waals surface area contributed by atoms with Gasteiger partial charge in [0.1, 0.15) is 12.4 Å². The molecule has 3 aromatic rings. The van der Waals surface area contributed by atoms with Crippen LogP contribution in [-0.2, 0) is 16.4 Å². The maximum atomic E-state index is 12.6. The molecule has 182 valence electrons. The van der Waals surface area contributed by atoms with Gasteiger partial charge in [0.05, 0.1) is 18.2 Å². The Balaban J connectivity index is 1.98. The topological polar surface area (TPSA) is 111 Å². The first-order valence-electron chi connectivity index (χ1n) is 11.0. The van der Waals surface area contributed by atoms with E-state index in [4.69, 9.17) is 9.62 Å². The zero-order valence-corrected chi connectivity index (χ0v) is 19.7.